The summed E-state index contributed by atoms with van der Waals surface area (Å²) < 4.78 is 5.51. The van der Waals surface area contributed by atoms with Gasteiger partial charge in [0.1, 0.15) is 11.5 Å². The fourth-order valence-electron chi connectivity index (χ4n) is 3.27. The first-order chi connectivity index (χ1) is 13.5. The molecule has 140 valence electrons. The number of hydrogen-bond donors (Lipinski definition) is 0. The average Bonchev–Trinajstić information content (AvgIpc) is 3.22. The van der Waals surface area contributed by atoms with Gasteiger partial charge in [0, 0.05) is 12.6 Å². The van der Waals surface area contributed by atoms with Gasteiger partial charge in [0.15, 0.2) is 0 Å². The molecule has 0 aliphatic carbocycles. The summed E-state index contributed by atoms with van der Waals surface area (Å²) in [7, 11) is 1.69. The predicted octanol–water partition coefficient (Wildman–Crippen LogP) is 3.66. The second-order valence-electron chi connectivity index (χ2n) is 6.71. The Morgan fingerprint density at radius 3 is 2.07 bits per heavy atom. The Kier molecular flexibility index (Phi) is 4.31. The molecule has 1 aliphatic heterocycles. The molecule has 1 aromatic heterocycles. The smallest absolute Gasteiger partial charge is 0.266 e. The highest BCUT2D eigenvalue weighted by molar-refractivity contribution is 6.34. The Balaban J connectivity index is 1.52. The second kappa shape index (κ2) is 6.81. The van der Waals surface area contributed by atoms with Crippen molar-refractivity contribution in [3.05, 3.63) is 88.9 Å². The van der Waals surface area contributed by atoms with E-state index in [4.69, 9.17) is 4.42 Å². The maximum absolute atomic E-state index is 12.6. The molecular formula is C22H18N2O4. The first-order valence-corrected chi connectivity index (χ1v) is 8.84. The van der Waals surface area contributed by atoms with Crippen LogP contribution < -0.4 is 4.90 Å². The van der Waals surface area contributed by atoms with Crippen LogP contribution in [0, 0.1) is 6.92 Å². The largest absolute Gasteiger partial charge is 0.464 e. The van der Waals surface area contributed by atoms with Crippen molar-refractivity contribution in [2.24, 2.45) is 0 Å². The van der Waals surface area contributed by atoms with Crippen LogP contribution in [0.1, 0.15) is 42.6 Å². The van der Waals surface area contributed by atoms with E-state index in [2.05, 4.69) is 0 Å². The minimum absolute atomic E-state index is 0.178. The number of carbonyl (C=O) groups is 3. The molecule has 0 fully saturated rings. The predicted molar refractivity (Wildman–Crippen MR) is 103 cm³/mol. The quantitative estimate of drug-likeness (QED) is 0.654. The number of anilines is 1. The van der Waals surface area contributed by atoms with Crippen LogP contribution in [0.2, 0.25) is 0 Å². The summed E-state index contributed by atoms with van der Waals surface area (Å²) >= 11 is 0. The van der Waals surface area contributed by atoms with Crippen molar-refractivity contribution in [3.63, 3.8) is 0 Å². The van der Waals surface area contributed by atoms with Gasteiger partial charge in [-0.25, -0.2) is 4.90 Å². The van der Waals surface area contributed by atoms with Gasteiger partial charge in [-0.15, -0.1) is 0 Å². The minimum Gasteiger partial charge on any atom is -0.464 e. The van der Waals surface area contributed by atoms with E-state index in [0.29, 0.717) is 34.7 Å². The van der Waals surface area contributed by atoms with E-state index in [9.17, 15) is 14.4 Å². The third kappa shape index (κ3) is 2.99. The molecule has 0 atom stereocenters. The summed E-state index contributed by atoms with van der Waals surface area (Å²) in [4.78, 5) is 40.4. The van der Waals surface area contributed by atoms with Crippen molar-refractivity contribution >= 4 is 23.4 Å². The topological polar surface area (TPSA) is 70.8 Å². The number of nitrogens with zero attached hydrogens (tertiary/aromatic N) is 2. The lowest BCUT2D eigenvalue weighted by Gasteiger charge is -2.17. The molecule has 0 radical (unpaired) electrons. The lowest BCUT2D eigenvalue weighted by atomic mass is 10.1. The number of furan rings is 1. The third-order valence-electron chi connectivity index (χ3n) is 4.70. The van der Waals surface area contributed by atoms with E-state index in [1.807, 2.05) is 19.1 Å². The van der Waals surface area contributed by atoms with Crippen LogP contribution >= 0.6 is 0 Å². The van der Waals surface area contributed by atoms with Gasteiger partial charge in [0.25, 0.3) is 17.7 Å². The lowest BCUT2D eigenvalue weighted by molar-refractivity contribution is 0.0774. The number of benzene rings is 2. The number of fused-ring (bicyclic) bond motifs is 1. The first kappa shape index (κ1) is 17.7. The minimum atomic E-state index is -0.356. The lowest BCUT2D eigenvalue weighted by Crippen LogP contribution is -2.29. The summed E-state index contributed by atoms with van der Waals surface area (Å²) in [6.07, 6.45) is 0. The number of amides is 3. The molecule has 0 bridgehead atoms. The number of carbonyl (C=O) groups excluding carboxylic acids is 3. The van der Waals surface area contributed by atoms with Gasteiger partial charge in [-0.3, -0.25) is 14.4 Å². The summed E-state index contributed by atoms with van der Waals surface area (Å²) in [5, 5.41) is 0. The normalized spacial score (nSPS) is 13.0. The molecule has 2 heterocycles. The molecule has 28 heavy (non-hydrogen) atoms. The van der Waals surface area contributed by atoms with Crippen LogP contribution in [0.5, 0.6) is 0 Å². The van der Waals surface area contributed by atoms with Gasteiger partial charge >= 0.3 is 0 Å². The van der Waals surface area contributed by atoms with Crippen molar-refractivity contribution in [1.82, 2.24) is 4.90 Å². The fraction of sp³-hybridized carbons (Fsp3) is 0.136. The van der Waals surface area contributed by atoms with E-state index in [0.717, 1.165) is 10.7 Å². The van der Waals surface area contributed by atoms with Crippen LogP contribution in [0.25, 0.3) is 0 Å². The second-order valence-corrected chi connectivity index (χ2v) is 6.71. The van der Waals surface area contributed by atoms with Gasteiger partial charge in [-0.1, -0.05) is 12.1 Å². The number of aryl methyl sites for hydroxylation is 1. The van der Waals surface area contributed by atoms with E-state index < -0.39 is 0 Å². The standard InChI is InChI=1S/C22H18N2O4/c1-14-7-12-17(28-14)13-23(2)20(25)15-8-10-16(11-9-15)24-21(26)18-5-3-4-6-19(18)22(24)27/h3-12H,13H2,1-2H3. The molecule has 2 aromatic carbocycles. The van der Waals surface area contributed by atoms with Crippen molar-refractivity contribution in [1.29, 1.82) is 0 Å². The molecule has 0 N–H and O–H groups in total. The molecular weight excluding hydrogens is 356 g/mol. The molecule has 4 rings (SSSR count). The highest BCUT2D eigenvalue weighted by Gasteiger charge is 2.36. The molecule has 0 saturated carbocycles. The molecule has 6 nitrogen and oxygen atoms in total. The Morgan fingerprint density at radius 1 is 0.929 bits per heavy atom. The molecule has 0 saturated heterocycles. The van der Waals surface area contributed by atoms with Crippen LogP contribution in [-0.4, -0.2) is 29.7 Å². The Labute approximate surface area is 162 Å². The van der Waals surface area contributed by atoms with Crippen LogP contribution in [-0.2, 0) is 6.54 Å². The Morgan fingerprint density at radius 2 is 1.54 bits per heavy atom. The third-order valence-corrected chi connectivity index (χ3v) is 4.70. The fourth-order valence-corrected chi connectivity index (χ4v) is 3.27. The zero-order chi connectivity index (χ0) is 19.8. The van der Waals surface area contributed by atoms with E-state index >= 15 is 0 Å². The molecule has 3 aromatic rings. The van der Waals surface area contributed by atoms with Gasteiger partial charge in [0.2, 0.25) is 0 Å². The molecule has 3 amide bonds. The summed E-state index contributed by atoms with van der Waals surface area (Å²) in [5.41, 5.74) is 1.68. The monoisotopic (exact) mass is 374 g/mol. The van der Waals surface area contributed by atoms with Gasteiger partial charge in [-0.05, 0) is 55.5 Å². The SMILES string of the molecule is Cc1ccc(CN(C)C(=O)c2ccc(N3C(=O)c4ccccc4C3=O)cc2)o1. The maximum atomic E-state index is 12.6. The van der Waals surface area contributed by atoms with E-state index in [1.54, 1.807) is 60.5 Å². The number of rotatable bonds is 4. The summed E-state index contributed by atoms with van der Waals surface area (Å²) in [5.74, 6) is 0.607. The first-order valence-electron chi connectivity index (χ1n) is 8.84. The van der Waals surface area contributed by atoms with E-state index in [-0.39, 0.29) is 17.7 Å². The number of imide groups is 1. The summed E-state index contributed by atoms with van der Waals surface area (Å²) in [6.45, 7) is 2.20. The molecule has 1 aliphatic rings. The molecule has 6 heteroatoms. The highest BCUT2D eigenvalue weighted by atomic mass is 16.3. The zero-order valence-electron chi connectivity index (χ0n) is 15.5. The Hall–Kier alpha value is -3.67. The molecule has 0 spiro atoms. The Bertz CT molecular complexity index is 1050. The molecule has 0 unspecified atom stereocenters. The highest BCUT2D eigenvalue weighted by Crippen LogP contribution is 2.28. The summed E-state index contributed by atoms with van der Waals surface area (Å²) in [6, 6.07) is 16.9. The zero-order valence-corrected chi connectivity index (χ0v) is 15.5. The van der Waals surface area contributed by atoms with Crippen molar-refractivity contribution in [2.45, 2.75) is 13.5 Å². The van der Waals surface area contributed by atoms with Crippen molar-refractivity contribution in [3.8, 4) is 0 Å². The van der Waals surface area contributed by atoms with E-state index in [1.165, 1.54) is 0 Å². The maximum Gasteiger partial charge on any atom is 0.266 e. The average molecular weight is 374 g/mol. The van der Waals surface area contributed by atoms with Crippen LogP contribution in [0.3, 0.4) is 0 Å². The van der Waals surface area contributed by atoms with Crippen LogP contribution in [0.15, 0.2) is 65.1 Å². The van der Waals surface area contributed by atoms with Gasteiger partial charge < -0.3 is 9.32 Å². The van der Waals surface area contributed by atoms with Crippen LogP contribution in [0.4, 0.5) is 5.69 Å². The van der Waals surface area contributed by atoms with Gasteiger partial charge in [0.05, 0.1) is 23.4 Å². The van der Waals surface area contributed by atoms with Crippen molar-refractivity contribution in [2.75, 3.05) is 11.9 Å². The van der Waals surface area contributed by atoms with Crippen molar-refractivity contribution < 1.29 is 18.8 Å². The van der Waals surface area contributed by atoms with Gasteiger partial charge in [-0.2, -0.15) is 0 Å². The number of hydrogen-bond acceptors (Lipinski definition) is 4.